The molecular weight excluding hydrogens is 190 g/mol. The monoisotopic (exact) mass is 213 g/mol. The van der Waals surface area contributed by atoms with E-state index in [1.54, 1.807) is 0 Å². The lowest BCUT2D eigenvalue weighted by molar-refractivity contribution is -0.122. The molecule has 0 radical (unpaired) electrons. The van der Waals surface area contributed by atoms with E-state index in [2.05, 4.69) is 10.2 Å². The number of hydrogen-bond acceptors (Lipinski definition) is 3. The molecule has 0 aliphatic carbocycles. The Labute approximate surface area is 92.2 Å². The molecule has 0 saturated carbocycles. The minimum absolute atomic E-state index is 0.109. The van der Waals surface area contributed by atoms with E-state index < -0.39 is 0 Å². The minimum Gasteiger partial charge on any atom is -0.350 e. The fourth-order valence-corrected chi connectivity index (χ4v) is 1.76. The van der Waals surface area contributed by atoms with E-state index in [0.717, 1.165) is 19.6 Å². The third-order valence-electron chi connectivity index (χ3n) is 2.84. The smallest absolute Gasteiger partial charge is 0.221 e. The summed E-state index contributed by atoms with van der Waals surface area (Å²) in [4.78, 5) is 13.9. The molecule has 0 atom stereocenters. The summed E-state index contributed by atoms with van der Waals surface area (Å²) in [6.07, 6.45) is 3.13. The predicted octanol–water partition coefficient (Wildman–Crippen LogP) is 0.326. The zero-order valence-electron chi connectivity index (χ0n) is 9.88. The van der Waals surface area contributed by atoms with Crippen LogP contribution in [-0.4, -0.2) is 42.5 Å². The number of nitrogens with two attached hydrogens (primary N) is 1. The van der Waals surface area contributed by atoms with Crippen molar-refractivity contribution in [2.75, 3.05) is 26.2 Å². The maximum atomic E-state index is 11.6. The standard InChI is InChI=1S/C11H23N3O/c1-11(2,9-12)13-10(15)5-8-14-6-3-4-7-14/h3-9,12H2,1-2H3,(H,13,15). The van der Waals surface area contributed by atoms with Gasteiger partial charge in [0.15, 0.2) is 0 Å². The SMILES string of the molecule is CC(C)(CN)NC(=O)CCN1CCCC1. The molecule has 1 fully saturated rings. The van der Waals surface area contributed by atoms with Crippen molar-refractivity contribution in [3.05, 3.63) is 0 Å². The number of hydrogen-bond donors (Lipinski definition) is 2. The van der Waals surface area contributed by atoms with E-state index in [0.29, 0.717) is 13.0 Å². The van der Waals surface area contributed by atoms with Gasteiger partial charge in [0.05, 0.1) is 0 Å². The number of amides is 1. The Bertz CT molecular complexity index is 210. The van der Waals surface area contributed by atoms with Crippen LogP contribution in [0.3, 0.4) is 0 Å². The van der Waals surface area contributed by atoms with Gasteiger partial charge in [-0.3, -0.25) is 4.79 Å². The Kier molecular flexibility index (Phi) is 4.54. The molecule has 1 aliphatic heterocycles. The first-order chi connectivity index (χ1) is 7.03. The lowest BCUT2D eigenvalue weighted by Gasteiger charge is -2.24. The molecule has 4 nitrogen and oxygen atoms in total. The van der Waals surface area contributed by atoms with Gasteiger partial charge >= 0.3 is 0 Å². The lowest BCUT2D eigenvalue weighted by atomic mass is 10.1. The zero-order valence-corrected chi connectivity index (χ0v) is 9.88. The summed E-state index contributed by atoms with van der Waals surface area (Å²) >= 11 is 0. The number of nitrogens with one attached hydrogen (secondary N) is 1. The molecular formula is C11H23N3O. The number of likely N-dealkylation sites (tertiary alicyclic amines) is 1. The first-order valence-corrected chi connectivity index (χ1v) is 5.77. The molecule has 1 amide bonds. The number of carbonyl (C=O) groups excluding carboxylic acids is 1. The predicted molar refractivity (Wildman–Crippen MR) is 61.6 cm³/mol. The van der Waals surface area contributed by atoms with Crippen LogP contribution in [0.5, 0.6) is 0 Å². The van der Waals surface area contributed by atoms with Gasteiger partial charge in [-0.15, -0.1) is 0 Å². The quantitative estimate of drug-likeness (QED) is 0.692. The van der Waals surface area contributed by atoms with Gasteiger partial charge < -0.3 is 16.0 Å². The average Bonchev–Trinajstić information content (AvgIpc) is 2.66. The Morgan fingerprint density at radius 2 is 2.00 bits per heavy atom. The van der Waals surface area contributed by atoms with Gasteiger partial charge in [-0.1, -0.05) is 0 Å². The van der Waals surface area contributed by atoms with Crippen LogP contribution in [0.2, 0.25) is 0 Å². The summed E-state index contributed by atoms with van der Waals surface area (Å²) in [5, 5.41) is 2.94. The summed E-state index contributed by atoms with van der Waals surface area (Å²) in [5.41, 5.74) is 5.27. The van der Waals surface area contributed by atoms with Crippen molar-refractivity contribution < 1.29 is 4.79 Å². The summed E-state index contributed by atoms with van der Waals surface area (Å²) in [6.45, 7) is 7.54. The van der Waals surface area contributed by atoms with Gasteiger partial charge in [-0.25, -0.2) is 0 Å². The van der Waals surface area contributed by atoms with Crippen LogP contribution in [0, 0.1) is 0 Å². The van der Waals surface area contributed by atoms with Crippen LogP contribution >= 0.6 is 0 Å². The topological polar surface area (TPSA) is 58.4 Å². The number of nitrogens with zero attached hydrogens (tertiary/aromatic N) is 1. The summed E-state index contributed by atoms with van der Waals surface area (Å²) in [5.74, 6) is 0.109. The third-order valence-corrected chi connectivity index (χ3v) is 2.84. The highest BCUT2D eigenvalue weighted by Crippen LogP contribution is 2.07. The fourth-order valence-electron chi connectivity index (χ4n) is 1.76. The summed E-state index contributed by atoms with van der Waals surface area (Å²) < 4.78 is 0. The largest absolute Gasteiger partial charge is 0.350 e. The van der Waals surface area contributed by atoms with E-state index in [-0.39, 0.29) is 11.4 Å². The van der Waals surface area contributed by atoms with Crippen molar-refractivity contribution in [3.8, 4) is 0 Å². The van der Waals surface area contributed by atoms with Crippen molar-refractivity contribution in [1.29, 1.82) is 0 Å². The molecule has 1 heterocycles. The number of rotatable bonds is 5. The maximum Gasteiger partial charge on any atom is 0.221 e. The van der Waals surface area contributed by atoms with Crippen LogP contribution in [-0.2, 0) is 4.79 Å². The van der Waals surface area contributed by atoms with E-state index in [1.165, 1.54) is 12.8 Å². The van der Waals surface area contributed by atoms with Crippen molar-refractivity contribution in [3.63, 3.8) is 0 Å². The van der Waals surface area contributed by atoms with Gasteiger partial charge in [0.1, 0.15) is 0 Å². The van der Waals surface area contributed by atoms with E-state index in [9.17, 15) is 4.79 Å². The fraction of sp³-hybridized carbons (Fsp3) is 0.909. The van der Waals surface area contributed by atoms with Crippen LogP contribution in [0.15, 0.2) is 0 Å². The molecule has 0 aromatic carbocycles. The molecule has 88 valence electrons. The van der Waals surface area contributed by atoms with E-state index in [4.69, 9.17) is 5.73 Å². The number of carbonyl (C=O) groups is 1. The molecule has 0 spiro atoms. The highest BCUT2D eigenvalue weighted by molar-refractivity contribution is 5.76. The van der Waals surface area contributed by atoms with Crippen molar-refractivity contribution in [2.45, 2.75) is 38.6 Å². The molecule has 4 heteroatoms. The zero-order chi connectivity index (χ0) is 11.3. The molecule has 0 aromatic heterocycles. The van der Waals surface area contributed by atoms with E-state index >= 15 is 0 Å². The first-order valence-electron chi connectivity index (χ1n) is 5.77. The van der Waals surface area contributed by atoms with Crippen LogP contribution in [0.25, 0.3) is 0 Å². The highest BCUT2D eigenvalue weighted by atomic mass is 16.1. The van der Waals surface area contributed by atoms with Gasteiger partial charge in [-0.05, 0) is 39.8 Å². The molecule has 3 N–H and O–H groups in total. The second-order valence-corrected chi connectivity index (χ2v) is 4.93. The molecule has 1 rings (SSSR count). The highest BCUT2D eigenvalue weighted by Gasteiger charge is 2.19. The van der Waals surface area contributed by atoms with Crippen LogP contribution in [0.1, 0.15) is 33.1 Å². The Morgan fingerprint density at radius 3 is 2.53 bits per heavy atom. The van der Waals surface area contributed by atoms with Gasteiger partial charge in [0.25, 0.3) is 0 Å². The lowest BCUT2D eigenvalue weighted by Crippen LogP contribution is -2.49. The minimum atomic E-state index is -0.276. The van der Waals surface area contributed by atoms with Gasteiger partial charge in [0, 0.05) is 25.0 Å². The molecule has 0 aromatic rings. The Balaban J connectivity index is 2.18. The second kappa shape index (κ2) is 5.47. The second-order valence-electron chi connectivity index (χ2n) is 4.93. The normalized spacial score (nSPS) is 18.1. The van der Waals surface area contributed by atoms with Gasteiger partial charge in [0.2, 0.25) is 5.91 Å². The average molecular weight is 213 g/mol. The molecule has 1 aliphatic rings. The van der Waals surface area contributed by atoms with Crippen molar-refractivity contribution in [2.24, 2.45) is 5.73 Å². The van der Waals surface area contributed by atoms with Gasteiger partial charge in [-0.2, -0.15) is 0 Å². The first kappa shape index (κ1) is 12.5. The molecule has 15 heavy (non-hydrogen) atoms. The third kappa shape index (κ3) is 4.62. The molecule has 1 saturated heterocycles. The molecule has 0 unspecified atom stereocenters. The van der Waals surface area contributed by atoms with Crippen molar-refractivity contribution >= 4 is 5.91 Å². The Hall–Kier alpha value is -0.610. The van der Waals surface area contributed by atoms with Crippen molar-refractivity contribution in [1.82, 2.24) is 10.2 Å². The Morgan fingerprint density at radius 1 is 1.40 bits per heavy atom. The maximum absolute atomic E-state index is 11.6. The molecule has 0 bridgehead atoms. The summed E-state index contributed by atoms with van der Waals surface area (Å²) in [6, 6.07) is 0. The van der Waals surface area contributed by atoms with E-state index in [1.807, 2.05) is 13.8 Å². The van der Waals surface area contributed by atoms with Crippen LogP contribution < -0.4 is 11.1 Å². The van der Waals surface area contributed by atoms with Crippen LogP contribution in [0.4, 0.5) is 0 Å². The summed E-state index contributed by atoms with van der Waals surface area (Å²) in [7, 11) is 0.